The summed E-state index contributed by atoms with van der Waals surface area (Å²) in [6.45, 7) is 6.44. The Hall–Kier alpha value is -1.51. The van der Waals surface area contributed by atoms with Gasteiger partial charge >= 0.3 is 5.97 Å². The van der Waals surface area contributed by atoms with Crippen LogP contribution in [-0.2, 0) is 0 Å². The molecule has 3 heteroatoms. The van der Waals surface area contributed by atoms with E-state index in [0.717, 1.165) is 5.56 Å². The van der Waals surface area contributed by atoms with Crippen molar-refractivity contribution in [1.29, 1.82) is 0 Å². The van der Waals surface area contributed by atoms with Crippen LogP contribution in [0.25, 0.3) is 0 Å². The number of carboxylic acids is 1. The summed E-state index contributed by atoms with van der Waals surface area (Å²) in [7, 11) is 0. The minimum atomic E-state index is -0.947. The molecule has 82 valence electrons. The van der Waals surface area contributed by atoms with E-state index >= 15 is 0 Å². The first kappa shape index (κ1) is 11.6. The molecule has 0 aromatic heterocycles. The zero-order valence-corrected chi connectivity index (χ0v) is 9.28. The fraction of sp³-hybridized carbons (Fsp3) is 0.417. The fourth-order valence-corrected chi connectivity index (χ4v) is 1.19. The number of benzene rings is 1. The second kappa shape index (κ2) is 4.82. The van der Waals surface area contributed by atoms with Crippen LogP contribution >= 0.6 is 0 Å². The Balaban J connectivity index is 2.91. The molecule has 0 aliphatic carbocycles. The zero-order chi connectivity index (χ0) is 11.4. The predicted molar refractivity (Wildman–Crippen MR) is 58.5 cm³/mol. The van der Waals surface area contributed by atoms with Crippen LogP contribution in [0, 0.1) is 12.8 Å². The molecule has 15 heavy (non-hydrogen) atoms. The van der Waals surface area contributed by atoms with Crippen molar-refractivity contribution >= 4 is 5.97 Å². The second-order valence-electron chi connectivity index (χ2n) is 4.01. The van der Waals surface area contributed by atoms with Gasteiger partial charge in [-0.25, -0.2) is 4.79 Å². The van der Waals surface area contributed by atoms with Gasteiger partial charge in [0, 0.05) is 0 Å². The maximum absolute atomic E-state index is 10.9. The molecule has 0 spiro atoms. The van der Waals surface area contributed by atoms with Crippen LogP contribution in [0.5, 0.6) is 5.75 Å². The topological polar surface area (TPSA) is 46.5 Å². The van der Waals surface area contributed by atoms with Crippen molar-refractivity contribution in [3.63, 3.8) is 0 Å². The van der Waals surface area contributed by atoms with Gasteiger partial charge in [-0.1, -0.05) is 25.5 Å². The number of aromatic carboxylic acids is 1. The molecule has 0 saturated carbocycles. The van der Waals surface area contributed by atoms with E-state index < -0.39 is 5.97 Å². The van der Waals surface area contributed by atoms with Crippen LogP contribution in [0.3, 0.4) is 0 Å². The smallest absolute Gasteiger partial charge is 0.339 e. The van der Waals surface area contributed by atoms with Crippen molar-refractivity contribution in [2.45, 2.75) is 20.8 Å². The highest BCUT2D eigenvalue weighted by atomic mass is 16.5. The Morgan fingerprint density at radius 2 is 2.13 bits per heavy atom. The normalized spacial score (nSPS) is 10.4. The van der Waals surface area contributed by atoms with Gasteiger partial charge in [0.1, 0.15) is 11.3 Å². The Morgan fingerprint density at radius 3 is 2.67 bits per heavy atom. The highest BCUT2D eigenvalue weighted by Gasteiger charge is 2.11. The number of carbonyl (C=O) groups is 1. The maximum atomic E-state index is 10.9. The van der Waals surface area contributed by atoms with Crippen molar-refractivity contribution in [1.82, 2.24) is 0 Å². The number of carboxylic acid groups (broad SMARTS) is 1. The first-order chi connectivity index (χ1) is 7.00. The van der Waals surface area contributed by atoms with Gasteiger partial charge in [-0.2, -0.15) is 0 Å². The third-order valence-electron chi connectivity index (χ3n) is 1.94. The fourth-order valence-electron chi connectivity index (χ4n) is 1.19. The molecule has 0 aliphatic rings. The summed E-state index contributed by atoms with van der Waals surface area (Å²) in [5, 5.41) is 8.98. The van der Waals surface area contributed by atoms with Crippen LogP contribution in [0.15, 0.2) is 18.2 Å². The summed E-state index contributed by atoms with van der Waals surface area (Å²) >= 11 is 0. The molecule has 0 aliphatic heterocycles. The molecule has 1 aromatic rings. The van der Waals surface area contributed by atoms with Gasteiger partial charge in [0.05, 0.1) is 6.61 Å². The Morgan fingerprint density at radius 1 is 1.47 bits per heavy atom. The van der Waals surface area contributed by atoms with E-state index in [9.17, 15) is 4.79 Å². The molecule has 0 fully saturated rings. The van der Waals surface area contributed by atoms with Crippen LogP contribution in [-0.4, -0.2) is 17.7 Å². The SMILES string of the molecule is Cc1ccc(OCC(C)C)c(C(=O)O)c1. The van der Waals surface area contributed by atoms with Crippen molar-refractivity contribution in [3.05, 3.63) is 29.3 Å². The molecule has 0 unspecified atom stereocenters. The predicted octanol–water partition coefficient (Wildman–Crippen LogP) is 2.73. The Bertz CT molecular complexity index is 356. The Labute approximate surface area is 89.7 Å². The zero-order valence-electron chi connectivity index (χ0n) is 9.28. The molecule has 1 rings (SSSR count). The lowest BCUT2D eigenvalue weighted by Crippen LogP contribution is -2.08. The van der Waals surface area contributed by atoms with Gasteiger partial charge in [0.25, 0.3) is 0 Å². The second-order valence-corrected chi connectivity index (χ2v) is 4.01. The summed E-state index contributed by atoms with van der Waals surface area (Å²) in [4.78, 5) is 10.9. The molecule has 1 N–H and O–H groups in total. The van der Waals surface area contributed by atoms with Gasteiger partial charge in [-0.05, 0) is 25.0 Å². The molecule has 0 heterocycles. The highest BCUT2D eigenvalue weighted by molar-refractivity contribution is 5.91. The van der Waals surface area contributed by atoms with Gasteiger partial charge in [-0.15, -0.1) is 0 Å². The van der Waals surface area contributed by atoms with Crippen molar-refractivity contribution in [2.75, 3.05) is 6.61 Å². The summed E-state index contributed by atoms with van der Waals surface area (Å²) < 4.78 is 5.43. The van der Waals surface area contributed by atoms with Gasteiger partial charge in [-0.3, -0.25) is 0 Å². The molecule has 0 bridgehead atoms. The van der Waals surface area contributed by atoms with E-state index in [2.05, 4.69) is 0 Å². The highest BCUT2D eigenvalue weighted by Crippen LogP contribution is 2.20. The number of aryl methyl sites for hydroxylation is 1. The van der Waals surface area contributed by atoms with Crippen molar-refractivity contribution in [2.24, 2.45) is 5.92 Å². The third-order valence-corrected chi connectivity index (χ3v) is 1.94. The molecule has 0 saturated heterocycles. The molecule has 0 radical (unpaired) electrons. The van der Waals surface area contributed by atoms with Crippen molar-refractivity contribution in [3.8, 4) is 5.75 Å². The Kier molecular flexibility index (Phi) is 3.72. The van der Waals surface area contributed by atoms with Crippen LogP contribution in [0.1, 0.15) is 29.8 Å². The third kappa shape index (κ3) is 3.27. The lowest BCUT2D eigenvalue weighted by Gasteiger charge is -2.11. The van der Waals surface area contributed by atoms with E-state index in [1.807, 2.05) is 26.8 Å². The van der Waals surface area contributed by atoms with Crippen LogP contribution < -0.4 is 4.74 Å². The quantitative estimate of drug-likeness (QED) is 0.827. The monoisotopic (exact) mass is 208 g/mol. The molecule has 0 atom stereocenters. The first-order valence-electron chi connectivity index (χ1n) is 4.97. The standard InChI is InChI=1S/C12H16O3/c1-8(2)7-15-11-5-4-9(3)6-10(11)12(13)14/h4-6,8H,7H2,1-3H3,(H,13,14). The molecule has 1 aromatic carbocycles. The summed E-state index contributed by atoms with van der Waals surface area (Å²) in [5.41, 5.74) is 1.15. The number of rotatable bonds is 4. The lowest BCUT2D eigenvalue weighted by atomic mass is 10.1. The summed E-state index contributed by atoms with van der Waals surface area (Å²) in [6, 6.07) is 5.18. The largest absolute Gasteiger partial charge is 0.492 e. The maximum Gasteiger partial charge on any atom is 0.339 e. The van der Waals surface area contributed by atoms with Crippen LogP contribution in [0.2, 0.25) is 0 Å². The lowest BCUT2D eigenvalue weighted by molar-refractivity contribution is 0.0691. The van der Waals surface area contributed by atoms with E-state index in [-0.39, 0.29) is 5.56 Å². The number of ether oxygens (including phenoxy) is 1. The van der Waals surface area contributed by atoms with Gasteiger partial charge < -0.3 is 9.84 Å². The van der Waals surface area contributed by atoms with Gasteiger partial charge in [0.15, 0.2) is 0 Å². The van der Waals surface area contributed by atoms with E-state index in [1.54, 1.807) is 12.1 Å². The van der Waals surface area contributed by atoms with E-state index in [0.29, 0.717) is 18.3 Å². The minimum Gasteiger partial charge on any atom is -0.492 e. The van der Waals surface area contributed by atoms with Crippen molar-refractivity contribution < 1.29 is 14.6 Å². The first-order valence-corrected chi connectivity index (χ1v) is 4.97. The molecule has 3 nitrogen and oxygen atoms in total. The van der Waals surface area contributed by atoms with E-state index in [1.165, 1.54) is 0 Å². The summed E-state index contributed by atoms with van der Waals surface area (Å²) in [6.07, 6.45) is 0. The molecular formula is C12H16O3. The van der Waals surface area contributed by atoms with Crippen LogP contribution in [0.4, 0.5) is 0 Å². The number of hydrogen-bond donors (Lipinski definition) is 1. The minimum absolute atomic E-state index is 0.232. The molecule has 0 amide bonds. The average Bonchev–Trinajstić information content (AvgIpc) is 2.15. The van der Waals surface area contributed by atoms with E-state index in [4.69, 9.17) is 9.84 Å². The summed E-state index contributed by atoms with van der Waals surface area (Å²) in [5.74, 6) is -0.118. The number of hydrogen-bond acceptors (Lipinski definition) is 2. The molecular weight excluding hydrogens is 192 g/mol. The van der Waals surface area contributed by atoms with Gasteiger partial charge in [0.2, 0.25) is 0 Å². The average molecular weight is 208 g/mol.